The molecule has 0 bridgehead atoms. The fraction of sp³-hybridized carbons (Fsp3) is 0. The molecule has 0 unspecified atom stereocenters. The lowest BCUT2D eigenvalue weighted by Crippen LogP contribution is -2.02. The number of rotatable bonds is 1. The molecule has 0 aliphatic heterocycles. The lowest BCUT2D eigenvalue weighted by Gasteiger charge is -2.07. The first-order valence-electron chi connectivity index (χ1n) is 5.00. The number of anilines is 1. The molecule has 0 saturated carbocycles. The highest BCUT2D eigenvalue weighted by atomic mass is 15.3. The Morgan fingerprint density at radius 1 is 1.00 bits per heavy atom. The van der Waals surface area contributed by atoms with Gasteiger partial charge in [-0.05, 0) is 24.3 Å². The van der Waals surface area contributed by atoms with Crippen molar-refractivity contribution in [2.24, 2.45) is 0 Å². The van der Waals surface area contributed by atoms with E-state index in [1.165, 1.54) is 0 Å². The summed E-state index contributed by atoms with van der Waals surface area (Å²) < 4.78 is 1.71. The molecule has 3 rings (SSSR count). The molecular weight excluding hydrogens is 200 g/mol. The molecule has 2 aromatic heterocycles. The molecule has 2 N–H and O–H groups in total. The first-order valence-corrected chi connectivity index (χ1v) is 5.00. The molecule has 1 aromatic carbocycles. The number of nitrogens with zero attached hydrogens (tertiary/aromatic N) is 3. The zero-order valence-corrected chi connectivity index (χ0v) is 8.54. The summed E-state index contributed by atoms with van der Waals surface area (Å²) in [5.74, 6) is 0.622. The summed E-state index contributed by atoms with van der Waals surface area (Å²) in [7, 11) is 0. The van der Waals surface area contributed by atoms with Crippen molar-refractivity contribution in [3.8, 4) is 5.69 Å². The number of nitrogens with two attached hydrogens (primary N) is 1. The van der Waals surface area contributed by atoms with Gasteiger partial charge in [-0.1, -0.05) is 6.07 Å². The van der Waals surface area contributed by atoms with Gasteiger partial charge in [0.05, 0.1) is 17.4 Å². The van der Waals surface area contributed by atoms with Gasteiger partial charge < -0.3 is 5.73 Å². The van der Waals surface area contributed by atoms with Crippen LogP contribution >= 0.6 is 0 Å². The minimum absolute atomic E-state index is 0.622. The van der Waals surface area contributed by atoms with E-state index in [9.17, 15) is 0 Å². The van der Waals surface area contributed by atoms with Crippen molar-refractivity contribution < 1.29 is 0 Å². The van der Waals surface area contributed by atoms with Crippen molar-refractivity contribution in [3.05, 3.63) is 48.8 Å². The fourth-order valence-electron chi connectivity index (χ4n) is 1.79. The van der Waals surface area contributed by atoms with Crippen LogP contribution in [-0.4, -0.2) is 14.8 Å². The van der Waals surface area contributed by atoms with Crippen LogP contribution in [0.15, 0.2) is 48.8 Å². The molecule has 2 heterocycles. The van der Waals surface area contributed by atoms with E-state index in [-0.39, 0.29) is 0 Å². The van der Waals surface area contributed by atoms with Crippen molar-refractivity contribution in [3.63, 3.8) is 0 Å². The second-order valence-corrected chi connectivity index (χ2v) is 3.52. The van der Waals surface area contributed by atoms with Crippen LogP contribution in [-0.2, 0) is 0 Å². The van der Waals surface area contributed by atoms with E-state index in [0.717, 1.165) is 16.6 Å². The Balaban J connectivity index is 2.36. The third-order valence-corrected chi connectivity index (χ3v) is 2.52. The van der Waals surface area contributed by atoms with Crippen molar-refractivity contribution in [2.75, 3.05) is 5.73 Å². The summed E-state index contributed by atoms with van der Waals surface area (Å²) >= 11 is 0. The zero-order chi connectivity index (χ0) is 11.0. The van der Waals surface area contributed by atoms with Crippen LogP contribution in [0, 0.1) is 0 Å². The highest BCUT2D eigenvalue weighted by Gasteiger charge is 2.05. The van der Waals surface area contributed by atoms with Crippen LogP contribution in [0.1, 0.15) is 0 Å². The molecule has 16 heavy (non-hydrogen) atoms. The minimum atomic E-state index is 0.622. The van der Waals surface area contributed by atoms with Gasteiger partial charge >= 0.3 is 0 Å². The number of hydrogen-bond donors (Lipinski definition) is 1. The lowest BCUT2D eigenvalue weighted by atomic mass is 10.2. The zero-order valence-electron chi connectivity index (χ0n) is 8.54. The molecule has 0 atom stereocenters. The van der Waals surface area contributed by atoms with Crippen molar-refractivity contribution in [1.29, 1.82) is 0 Å². The Morgan fingerprint density at radius 2 is 1.94 bits per heavy atom. The molecule has 0 aliphatic rings. The van der Waals surface area contributed by atoms with E-state index >= 15 is 0 Å². The van der Waals surface area contributed by atoms with Gasteiger partial charge in [-0.3, -0.25) is 4.98 Å². The predicted octanol–water partition coefficient (Wildman–Crippen LogP) is 2.00. The minimum Gasteiger partial charge on any atom is -0.384 e. The number of hydrogen-bond acceptors (Lipinski definition) is 3. The predicted molar refractivity (Wildman–Crippen MR) is 63.3 cm³/mol. The van der Waals surface area contributed by atoms with Crippen LogP contribution in [0.25, 0.3) is 16.6 Å². The van der Waals surface area contributed by atoms with Crippen molar-refractivity contribution in [1.82, 2.24) is 14.8 Å². The van der Waals surface area contributed by atoms with Gasteiger partial charge in [0.2, 0.25) is 0 Å². The Morgan fingerprint density at radius 3 is 2.75 bits per heavy atom. The average molecular weight is 210 g/mol. The topological polar surface area (TPSA) is 56.7 Å². The number of pyridine rings is 1. The van der Waals surface area contributed by atoms with Gasteiger partial charge in [-0.2, -0.15) is 5.10 Å². The van der Waals surface area contributed by atoms with E-state index in [4.69, 9.17) is 5.73 Å². The first kappa shape index (κ1) is 8.91. The summed E-state index contributed by atoms with van der Waals surface area (Å²) in [6.45, 7) is 0. The average Bonchev–Trinajstić information content (AvgIpc) is 2.75. The lowest BCUT2D eigenvalue weighted by molar-refractivity contribution is 0.898. The molecular formula is C12H10N4. The summed E-state index contributed by atoms with van der Waals surface area (Å²) in [4.78, 5) is 4.30. The fourth-order valence-corrected chi connectivity index (χ4v) is 1.79. The van der Waals surface area contributed by atoms with E-state index in [0.29, 0.717) is 5.82 Å². The van der Waals surface area contributed by atoms with E-state index in [2.05, 4.69) is 10.1 Å². The number of aromatic nitrogens is 3. The molecule has 0 amide bonds. The third-order valence-electron chi connectivity index (χ3n) is 2.52. The Labute approximate surface area is 92.3 Å². The Hall–Kier alpha value is -2.36. The quantitative estimate of drug-likeness (QED) is 0.668. The van der Waals surface area contributed by atoms with Crippen molar-refractivity contribution >= 4 is 16.7 Å². The van der Waals surface area contributed by atoms with E-state index in [1.807, 2.05) is 30.3 Å². The normalized spacial score (nSPS) is 10.8. The van der Waals surface area contributed by atoms with Gasteiger partial charge in [-0.15, -0.1) is 0 Å². The Kier molecular flexibility index (Phi) is 1.86. The van der Waals surface area contributed by atoms with Crippen molar-refractivity contribution in [2.45, 2.75) is 0 Å². The monoisotopic (exact) mass is 210 g/mol. The first-order chi connectivity index (χ1) is 7.86. The molecule has 0 aliphatic carbocycles. The van der Waals surface area contributed by atoms with Crippen LogP contribution < -0.4 is 5.73 Å². The molecule has 0 fully saturated rings. The maximum absolute atomic E-state index is 5.84. The van der Waals surface area contributed by atoms with E-state index in [1.54, 1.807) is 23.1 Å². The molecule has 3 aromatic rings. The van der Waals surface area contributed by atoms with Gasteiger partial charge in [0, 0.05) is 17.6 Å². The standard InChI is InChI=1S/C12H10N4/c13-12-6-8-15-16(12)11-5-1-4-10-9(11)3-2-7-14-10/h1-8H,13H2. The molecule has 78 valence electrons. The third kappa shape index (κ3) is 1.24. The van der Waals surface area contributed by atoms with Gasteiger partial charge in [0.15, 0.2) is 0 Å². The van der Waals surface area contributed by atoms with Gasteiger partial charge in [-0.25, -0.2) is 4.68 Å². The SMILES string of the molecule is Nc1ccnn1-c1cccc2ncccc12. The second kappa shape index (κ2) is 3.34. The summed E-state index contributed by atoms with van der Waals surface area (Å²) in [6.07, 6.45) is 3.46. The molecule has 0 saturated heterocycles. The maximum atomic E-state index is 5.84. The molecule has 4 nitrogen and oxygen atoms in total. The summed E-state index contributed by atoms with van der Waals surface area (Å²) in [5.41, 5.74) is 7.74. The second-order valence-electron chi connectivity index (χ2n) is 3.52. The molecule has 0 radical (unpaired) electrons. The number of nitrogen functional groups attached to an aromatic ring is 1. The highest BCUT2D eigenvalue weighted by molar-refractivity contribution is 5.87. The highest BCUT2D eigenvalue weighted by Crippen LogP contribution is 2.21. The van der Waals surface area contributed by atoms with Gasteiger partial charge in [0.1, 0.15) is 5.82 Å². The number of benzene rings is 1. The largest absolute Gasteiger partial charge is 0.384 e. The molecule has 4 heteroatoms. The maximum Gasteiger partial charge on any atom is 0.127 e. The van der Waals surface area contributed by atoms with Crippen LogP contribution in [0.4, 0.5) is 5.82 Å². The molecule has 0 spiro atoms. The Bertz CT molecular complexity index is 637. The summed E-state index contributed by atoms with van der Waals surface area (Å²) in [6, 6.07) is 11.6. The van der Waals surface area contributed by atoms with Gasteiger partial charge in [0.25, 0.3) is 0 Å². The van der Waals surface area contributed by atoms with Crippen LogP contribution in [0.5, 0.6) is 0 Å². The smallest absolute Gasteiger partial charge is 0.127 e. The van der Waals surface area contributed by atoms with Crippen LogP contribution in [0.3, 0.4) is 0 Å². The number of fused-ring (bicyclic) bond motifs is 1. The van der Waals surface area contributed by atoms with Crippen LogP contribution in [0.2, 0.25) is 0 Å². The van der Waals surface area contributed by atoms with E-state index < -0.39 is 0 Å². The summed E-state index contributed by atoms with van der Waals surface area (Å²) in [5, 5.41) is 5.24.